The van der Waals surface area contributed by atoms with Gasteiger partial charge in [0.15, 0.2) is 0 Å². The maximum Gasteiger partial charge on any atom is 0.147 e. The second-order valence-corrected chi connectivity index (χ2v) is 6.56. The first-order chi connectivity index (χ1) is 13.4. The van der Waals surface area contributed by atoms with Crippen molar-refractivity contribution in [2.24, 2.45) is 15.0 Å². The predicted molar refractivity (Wildman–Crippen MR) is 112 cm³/mol. The van der Waals surface area contributed by atoms with E-state index in [1.807, 2.05) is 67.1 Å². The Bertz CT molecular complexity index is 1070. The number of hydrogen-bond donors (Lipinski definition) is 0. The van der Waals surface area contributed by atoms with E-state index in [1.165, 1.54) is 0 Å². The summed E-state index contributed by atoms with van der Waals surface area (Å²) in [6.45, 7) is 0. The molecule has 0 aromatic heterocycles. The van der Waals surface area contributed by atoms with Crippen LogP contribution in [0.3, 0.4) is 0 Å². The SMILES string of the molecule is C1=CC(=C2C=C(c3ccccc3)N=C2C2(c3ccccc3)C=CC=N2)N=C1. The Balaban J connectivity index is 1.73. The Morgan fingerprint density at radius 1 is 0.778 bits per heavy atom. The molecule has 0 N–H and O–H groups in total. The maximum atomic E-state index is 5.06. The highest BCUT2D eigenvalue weighted by molar-refractivity contribution is 6.19. The molecule has 2 aromatic carbocycles. The minimum Gasteiger partial charge on any atom is -0.271 e. The number of allylic oxidation sites excluding steroid dienone is 4. The van der Waals surface area contributed by atoms with Crippen molar-refractivity contribution < 1.29 is 0 Å². The van der Waals surface area contributed by atoms with Crippen LogP contribution in [-0.4, -0.2) is 18.1 Å². The van der Waals surface area contributed by atoms with Crippen molar-refractivity contribution in [3.63, 3.8) is 0 Å². The fraction of sp³-hybridized carbons (Fsp3) is 0.0417. The first-order valence-corrected chi connectivity index (χ1v) is 8.97. The lowest BCUT2D eigenvalue weighted by atomic mass is 9.82. The monoisotopic (exact) mass is 347 g/mol. The van der Waals surface area contributed by atoms with Crippen molar-refractivity contribution in [2.75, 3.05) is 0 Å². The molecule has 0 saturated heterocycles. The number of nitrogens with zero attached hydrogens (tertiary/aromatic N) is 3. The van der Waals surface area contributed by atoms with Crippen LogP contribution in [0.25, 0.3) is 5.70 Å². The normalized spacial score (nSPS) is 25.3. The lowest BCUT2D eigenvalue weighted by Gasteiger charge is -2.26. The van der Waals surface area contributed by atoms with Gasteiger partial charge in [-0.15, -0.1) is 0 Å². The largest absolute Gasteiger partial charge is 0.271 e. The summed E-state index contributed by atoms with van der Waals surface area (Å²) >= 11 is 0. The van der Waals surface area contributed by atoms with E-state index < -0.39 is 5.54 Å². The van der Waals surface area contributed by atoms with Crippen molar-refractivity contribution in [3.8, 4) is 0 Å². The summed E-state index contributed by atoms with van der Waals surface area (Å²) in [6, 6.07) is 20.6. The molecule has 128 valence electrons. The number of benzene rings is 2. The molecule has 1 unspecified atom stereocenters. The van der Waals surface area contributed by atoms with E-state index in [0.717, 1.165) is 33.8 Å². The molecule has 5 rings (SSSR count). The molecule has 0 bridgehead atoms. The zero-order valence-electron chi connectivity index (χ0n) is 14.7. The molecular weight excluding hydrogens is 330 g/mol. The average Bonchev–Trinajstić information content (AvgIpc) is 3.49. The lowest BCUT2D eigenvalue weighted by molar-refractivity contribution is 0.783. The molecular formula is C24H17N3. The quantitative estimate of drug-likeness (QED) is 0.756. The first kappa shape index (κ1) is 15.6. The Morgan fingerprint density at radius 3 is 2.22 bits per heavy atom. The third kappa shape index (κ3) is 2.56. The van der Waals surface area contributed by atoms with E-state index in [0.29, 0.717) is 0 Å². The van der Waals surface area contributed by atoms with Gasteiger partial charge in [-0.05, 0) is 35.9 Å². The summed E-state index contributed by atoms with van der Waals surface area (Å²) in [6.07, 6.45) is 13.9. The van der Waals surface area contributed by atoms with Crippen molar-refractivity contribution in [1.29, 1.82) is 0 Å². The van der Waals surface area contributed by atoms with Crippen LogP contribution in [-0.2, 0) is 5.54 Å². The van der Waals surface area contributed by atoms with E-state index in [9.17, 15) is 0 Å². The van der Waals surface area contributed by atoms with Gasteiger partial charge in [-0.3, -0.25) is 9.98 Å². The standard InChI is InChI=1S/C24H17N3/c1-3-9-18(10-4-1)22-17-20(21-13-7-15-25-21)23(27-22)24(14-8-16-26-24)19-11-5-2-6-12-19/h1-17H. The van der Waals surface area contributed by atoms with Crippen LogP contribution in [0.2, 0.25) is 0 Å². The second kappa shape index (κ2) is 6.29. The summed E-state index contributed by atoms with van der Waals surface area (Å²) in [4.78, 5) is 14.5. The van der Waals surface area contributed by atoms with Crippen LogP contribution in [0.4, 0.5) is 0 Å². The molecule has 0 aliphatic carbocycles. The highest BCUT2D eigenvalue weighted by Gasteiger charge is 2.40. The van der Waals surface area contributed by atoms with Gasteiger partial charge in [-0.2, -0.15) is 0 Å². The molecule has 0 spiro atoms. The molecule has 0 saturated carbocycles. The first-order valence-electron chi connectivity index (χ1n) is 8.97. The van der Waals surface area contributed by atoms with E-state index >= 15 is 0 Å². The van der Waals surface area contributed by atoms with E-state index in [4.69, 9.17) is 9.98 Å². The molecule has 1 atom stereocenters. The predicted octanol–water partition coefficient (Wildman–Crippen LogP) is 4.91. The molecule has 3 nitrogen and oxygen atoms in total. The van der Waals surface area contributed by atoms with Crippen molar-refractivity contribution in [3.05, 3.63) is 113 Å². The summed E-state index contributed by atoms with van der Waals surface area (Å²) in [5.74, 6) is 0. The van der Waals surface area contributed by atoms with Crippen LogP contribution in [0, 0.1) is 0 Å². The van der Waals surface area contributed by atoms with E-state index in [1.54, 1.807) is 0 Å². The molecule has 2 aromatic rings. The third-order valence-electron chi connectivity index (χ3n) is 4.94. The number of aliphatic imine (C=N–C) groups is 3. The van der Waals surface area contributed by atoms with Gasteiger partial charge in [0, 0.05) is 23.6 Å². The molecule has 0 radical (unpaired) electrons. The van der Waals surface area contributed by atoms with Gasteiger partial charge in [0.05, 0.1) is 17.1 Å². The van der Waals surface area contributed by atoms with Crippen molar-refractivity contribution >= 4 is 23.8 Å². The Kier molecular flexibility index (Phi) is 3.65. The minimum atomic E-state index is -0.622. The molecule has 3 aliphatic heterocycles. The van der Waals surface area contributed by atoms with E-state index in [2.05, 4.69) is 41.4 Å². The fourth-order valence-corrected chi connectivity index (χ4v) is 3.65. The Labute approximate surface area is 158 Å². The summed E-state index contributed by atoms with van der Waals surface area (Å²) in [5, 5.41) is 0. The molecule has 3 aliphatic rings. The average molecular weight is 347 g/mol. The highest BCUT2D eigenvalue weighted by Crippen LogP contribution is 2.41. The molecule has 3 heteroatoms. The van der Waals surface area contributed by atoms with Crippen molar-refractivity contribution in [1.82, 2.24) is 0 Å². The summed E-state index contributed by atoms with van der Waals surface area (Å²) < 4.78 is 0. The smallest absolute Gasteiger partial charge is 0.147 e. The third-order valence-corrected chi connectivity index (χ3v) is 4.94. The van der Waals surface area contributed by atoms with Gasteiger partial charge in [0.25, 0.3) is 0 Å². The fourth-order valence-electron chi connectivity index (χ4n) is 3.65. The molecule has 3 heterocycles. The van der Waals surface area contributed by atoms with Crippen LogP contribution in [0.5, 0.6) is 0 Å². The van der Waals surface area contributed by atoms with Crippen LogP contribution in [0.1, 0.15) is 11.1 Å². The number of hydrogen-bond acceptors (Lipinski definition) is 3. The van der Waals surface area contributed by atoms with Gasteiger partial charge in [0.2, 0.25) is 0 Å². The topological polar surface area (TPSA) is 37.1 Å². The van der Waals surface area contributed by atoms with Gasteiger partial charge in [-0.25, -0.2) is 4.99 Å². The zero-order chi connectivity index (χ0) is 18.1. The van der Waals surface area contributed by atoms with Gasteiger partial charge in [0.1, 0.15) is 5.54 Å². The van der Waals surface area contributed by atoms with Crippen LogP contribution >= 0.6 is 0 Å². The van der Waals surface area contributed by atoms with Crippen LogP contribution < -0.4 is 0 Å². The summed E-state index contributed by atoms with van der Waals surface area (Å²) in [5.41, 5.74) is 5.36. The molecule has 0 fully saturated rings. The Morgan fingerprint density at radius 2 is 1.56 bits per heavy atom. The highest BCUT2D eigenvalue weighted by atomic mass is 15.0. The van der Waals surface area contributed by atoms with Gasteiger partial charge < -0.3 is 0 Å². The maximum absolute atomic E-state index is 5.06. The Hall–Kier alpha value is -3.59. The summed E-state index contributed by atoms with van der Waals surface area (Å²) in [7, 11) is 0. The molecule has 27 heavy (non-hydrogen) atoms. The zero-order valence-corrected chi connectivity index (χ0v) is 14.7. The van der Waals surface area contributed by atoms with E-state index in [-0.39, 0.29) is 0 Å². The lowest BCUT2D eigenvalue weighted by Crippen LogP contribution is -2.31. The van der Waals surface area contributed by atoms with Crippen LogP contribution in [0.15, 0.2) is 117 Å². The molecule has 0 amide bonds. The van der Waals surface area contributed by atoms with Gasteiger partial charge >= 0.3 is 0 Å². The van der Waals surface area contributed by atoms with Crippen molar-refractivity contribution in [2.45, 2.75) is 5.54 Å². The minimum absolute atomic E-state index is 0.622. The number of rotatable bonds is 3. The second-order valence-electron chi connectivity index (χ2n) is 6.56. The van der Waals surface area contributed by atoms with Gasteiger partial charge in [-0.1, -0.05) is 60.7 Å².